The van der Waals surface area contributed by atoms with Gasteiger partial charge in [-0.1, -0.05) is 31.4 Å². The highest BCUT2D eigenvalue weighted by Gasteiger charge is 2.22. The van der Waals surface area contributed by atoms with Crippen molar-refractivity contribution in [1.82, 2.24) is 5.32 Å². The Bertz CT molecular complexity index is 439. The van der Waals surface area contributed by atoms with Crippen molar-refractivity contribution >= 4 is 0 Å². The molecule has 0 bridgehead atoms. The molecule has 0 heterocycles. The van der Waals surface area contributed by atoms with Crippen LogP contribution in [0.4, 0.5) is 0 Å². The van der Waals surface area contributed by atoms with E-state index in [1.807, 2.05) is 18.2 Å². The summed E-state index contributed by atoms with van der Waals surface area (Å²) in [5.74, 6) is 1.05. The minimum Gasteiger partial charge on any atom is -0.497 e. The van der Waals surface area contributed by atoms with Gasteiger partial charge in [-0.25, -0.2) is 0 Å². The summed E-state index contributed by atoms with van der Waals surface area (Å²) in [4.78, 5) is 0. The summed E-state index contributed by atoms with van der Waals surface area (Å²) < 4.78 is 5.23. The van der Waals surface area contributed by atoms with Crippen LogP contribution in [0.2, 0.25) is 0 Å². The molecule has 0 radical (unpaired) electrons. The van der Waals surface area contributed by atoms with E-state index in [2.05, 4.69) is 17.5 Å². The molecule has 1 aromatic rings. The van der Waals surface area contributed by atoms with Gasteiger partial charge in [0.2, 0.25) is 0 Å². The van der Waals surface area contributed by atoms with Crippen LogP contribution in [-0.4, -0.2) is 13.2 Å². The Hall–Kier alpha value is -1.53. The monoisotopic (exact) mass is 258 g/mol. The number of hydrogen-bond acceptors (Lipinski definition) is 3. The highest BCUT2D eigenvalue weighted by atomic mass is 16.5. The zero-order valence-electron chi connectivity index (χ0n) is 11.6. The van der Waals surface area contributed by atoms with Gasteiger partial charge in [-0.05, 0) is 30.5 Å². The fraction of sp³-hybridized carbons (Fsp3) is 0.562. The summed E-state index contributed by atoms with van der Waals surface area (Å²) in [6.45, 7) is 0.806. The van der Waals surface area contributed by atoms with Crippen LogP contribution in [0.25, 0.3) is 0 Å². The molecule has 1 saturated carbocycles. The molecule has 102 valence electrons. The Balaban J connectivity index is 1.94. The zero-order valence-corrected chi connectivity index (χ0v) is 11.6. The maximum Gasteiger partial charge on any atom is 0.119 e. The average Bonchev–Trinajstić information content (AvgIpc) is 2.70. The minimum absolute atomic E-state index is 0.160. The van der Waals surface area contributed by atoms with Crippen LogP contribution in [0, 0.1) is 17.2 Å². The zero-order chi connectivity index (χ0) is 13.5. The first kappa shape index (κ1) is 13.9. The number of rotatable bonds is 4. The molecule has 1 fully saturated rings. The topological polar surface area (TPSA) is 45.0 Å². The van der Waals surface area contributed by atoms with Crippen LogP contribution < -0.4 is 10.1 Å². The third kappa shape index (κ3) is 3.97. The normalized spacial score (nSPS) is 23.4. The molecular formula is C16H22N2O. The van der Waals surface area contributed by atoms with Gasteiger partial charge in [0.25, 0.3) is 0 Å². The standard InChI is InChI=1S/C16H22N2O/c1-19-15-8-5-6-13(10-15)12-18-16-9-4-2-3-7-14(16)11-17/h5-6,8,10,14,16,18H,2-4,7,9,12H2,1H3. The Labute approximate surface area is 115 Å². The molecule has 2 unspecified atom stereocenters. The smallest absolute Gasteiger partial charge is 0.119 e. The first-order chi connectivity index (χ1) is 9.33. The first-order valence-corrected chi connectivity index (χ1v) is 7.09. The van der Waals surface area contributed by atoms with E-state index in [4.69, 9.17) is 4.74 Å². The highest BCUT2D eigenvalue weighted by Crippen LogP contribution is 2.23. The molecule has 2 atom stereocenters. The van der Waals surface area contributed by atoms with E-state index < -0.39 is 0 Å². The van der Waals surface area contributed by atoms with Crippen molar-refractivity contribution in [3.63, 3.8) is 0 Å². The maximum atomic E-state index is 9.26. The lowest BCUT2D eigenvalue weighted by molar-refractivity contribution is 0.391. The summed E-state index contributed by atoms with van der Waals surface area (Å²) >= 11 is 0. The van der Waals surface area contributed by atoms with Gasteiger partial charge in [-0.2, -0.15) is 5.26 Å². The SMILES string of the molecule is COc1cccc(CNC2CCCCCC2C#N)c1. The third-order valence-electron chi connectivity index (χ3n) is 3.88. The molecule has 2 rings (SSSR count). The Morgan fingerprint density at radius 1 is 1.32 bits per heavy atom. The predicted molar refractivity (Wildman–Crippen MR) is 75.8 cm³/mol. The van der Waals surface area contributed by atoms with Gasteiger partial charge < -0.3 is 10.1 Å². The fourth-order valence-corrected chi connectivity index (χ4v) is 2.74. The van der Waals surface area contributed by atoms with E-state index in [-0.39, 0.29) is 5.92 Å². The third-order valence-corrected chi connectivity index (χ3v) is 3.88. The number of hydrogen-bond donors (Lipinski definition) is 1. The highest BCUT2D eigenvalue weighted by molar-refractivity contribution is 5.28. The van der Waals surface area contributed by atoms with E-state index in [9.17, 15) is 5.26 Å². The van der Waals surface area contributed by atoms with Crippen molar-refractivity contribution in [2.24, 2.45) is 5.92 Å². The van der Waals surface area contributed by atoms with Gasteiger partial charge in [0, 0.05) is 12.6 Å². The molecule has 1 aromatic carbocycles. The number of nitriles is 1. The summed E-state index contributed by atoms with van der Waals surface area (Å²) in [6, 6.07) is 10.9. The number of methoxy groups -OCH3 is 1. The summed E-state index contributed by atoms with van der Waals surface area (Å²) in [6.07, 6.45) is 5.83. The molecule has 0 amide bonds. The molecule has 0 aliphatic heterocycles. The van der Waals surface area contributed by atoms with E-state index in [1.165, 1.54) is 24.8 Å². The van der Waals surface area contributed by atoms with Gasteiger partial charge >= 0.3 is 0 Å². The lowest BCUT2D eigenvalue weighted by Crippen LogP contribution is -2.34. The Kier molecular flexibility index (Phi) is 5.23. The predicted octanol–water partition coefficient (Wildman–Crippen LogP) is 3.26. The van der Waals surface area contributed by atoms with Crippen LogP contribution in [0.5, 0.6) is 5.75 Å². The molecule has 19 heavy (non-hydrogen) atoms. The molecule has 0 saturated heterocycles. The molecule has 1 aliphatic carbocycles. The summed E-state index contributed by atoms with van der Waals surface area (Å²) in [5.41, 5.74) is 1.21. The van der Waals surface area contributed by atoms with Gasteiger partial charge in [0.05, 0.1) is 19.1 Å². The summed E-state index contributed by atoms with van der Waals surface area (Å²) in [7, 11) is 1.68. The van der Waals surface area contributed by atoms with Crippen LogP contribution in [0.15, 0.2) is 24.3 Å². The van der Waals surface area contributed by atoms with Crippen LogP contribution in [0.3, 0.4) is 0 Å². The van der Waals surface area contributed by atoms with Crippen molar-refractivity contribution in [2.75, 3.05) is 7.11 Å². The van der Waals surface area contributed by atoms with Gasteiger partial charge in [-0.15, -0.1) is 0 Å². The van der Waals surface area contributed by atoms with E-state index in [0.717, 1.165) is 25.1 Å². The van der Waals surface area contributed by atoms with E-state index in [1.54, 1.807) is 7.11 Å². The average molecular weight is 258 g/mol. The molecule has 0 aromatic heterocycles. The van der Waals surface area contributed by atoms with Crippen molar-refractivity contribution in [3.8, 4) is 11.8 Å². The molecule has 1 aliphatic rings. The van der Waals surface area contributed by atoms with Crippen molar-refractivity contribution < 1.29 is 4.74 Å². The van der Waals surface area contributed by atoms with Crippen molar-refractivity contribution in [1.29, 1.82) is 5.26 Å². The van der Waals surface area contributed by atoms with Crippen LogP contribution in [-0.2, 0) is 6.54 Å². The second kappa shape index (κ2) is 7.16. The second-order valence-corrected chi connectivity index (χ2v) is 5.21. The molecule has 3 nitrogen and oxygen atoms in total. The number of ether oxygens (including phenoxy) is 1. The van der Waals surface area contributed by atoms with Crippen molar-refractivity contribution in [2.45, 2.75) is 44.7 Å². The minimum atomic E-state index is 0.160. The fourth-order valence-electron chi connectivity index (χ4n) is 2.74. The number of nitrogens with zero attached hydrogens (tertiary/aromatic N) is 1. The number of nitrogens with one attached hydrogen (secondary N) is 1. The quantitative estimate of drug-likeness (QED) is 0.843. The van der Waals surface area contributed by atoms with E-state index in [0.29, 0.717) is 6.04 Å². The van der Waals surface area contributed by atoms with Crippen LogP contribution >= 0.6 is 0 Å². The van der Waals surface area contributed by atoms with Crippen molar-refractivity contribution in [3.05, 3.63) is 29.8 Å². The molecule has 0 spiro atoms. The molecule has 3 heteroatoms. The lowest BCUT2D eigenvalue weighted by Gasteiger charge is -2.21. The maximum absolute atomic E-state index is 9.26. The van der Waals surface area contributed by atoms with Gasteiger partial charge in [0.1, 0.15) is 5.75 Å². The first-order valence-electron chi connectivity index (χ1n) is 7.09. The molecule has 1 N–H and O–H groups in total. The lowest BCUT2D eigenvalue weighted by atomic mass is 9.96. The summed E-state index contributed by atoms with van der Waals surface area (Å²) in [5, 5.41) is 12.8. The van der Waals surface area contributed by atoms with E-state index >= 15 is 0 Å². The largest absolute Gasteiger partial charge is 0.497 e. The Morgan fingerprint density at radius 2 is 2.16 bits per heavy atom. The number of benzene rings is 1. The van der Waals surface area contributed by atoms with Gasteiger partial charge in [0.15, 0.2) is 0 Å². The Morgan fingerprint density at radius 3 is 2.95 bits per heavy atom. The molecular weight excluding hydrogens is 236 g/mol. The second-order valence-electron chi connectivity index (χ2n) is 5.21. The van der Waals surface area contributed by atoms with Crippen LogP contribution in [0.1, 0.15) is 37.7 Å². The van der Waals surface area contributed by atoms with Gasteiger partial charge in [-0.3, -0.25) is 0 Å².